The van der Waals surface area contributed by atoms with Crippen molar-refractivity contribution in [2.45, 2.75) is 0 Å². The van der Waals surface area contributed by atoms with E-state index in [1.807, 2.05) is 11.1 Å². The minimum absolute atomic E-state index is 0.722. The molecule has 7 heteroatoms. The van der Waals surface area contributed by atoms with E-state index in [0.29, 0.717) is 0 Å². The van der Waals surface area contributed by atoms with Gasteiger partial charge in [0.25, 0.3) is 0 Å². The average molecular weight is 120 g/mol. The monoisotopic (exact) mass is 120 g/mol. The first-order valence-corrected chi connectivity index (χ1v) is 1.80. The van der Waals surface area contributed by atoms with Crippen molar-refractivity contribution in [3.8, 4) is 0 Å². The van der Waals surface area contributed by atoms with Crippen LogP contribution in [-0.2, 0) is 0 Å². The third-order valence-corrected chi connectivity index (χ3v) is 0.617. The summed E-state index contributed by atoms with van der Waals surface area (Å²) >= 11 is 0. The van der Waals surface area contributed by atoms with Crippen LogP contribution in [0.5, 0.6) is 0 Å². The van der Waals surface area contributed by atoms with Gasteiger partial charge in [-0.2, -0.15) is 0 Å². The molecule has 0 unspecified atom stereocenters. The summed E-state index contributed by atoms with van der Waals surface area (Å²) in [6.45, 7) is 3.09. The molecule has 0 radical (unpaired) electrons. The lowest BCUT2D eigenvalue weighted by Crippen LogP contribution is -2.71. The largest absolute Gasteiger partial charge is 0.220 e. The zero-order chi connectivity index (χ0) is 6.62. The van der Waals surface area contributed by atoms with Crippen LogP contribution in [0.3, 0.4) is 0 Å². The van der Waals surface area contributed by atoms with Crippen molar-refractivity contribution in [1.29, 1.82) is 0 Å². The summed E-state index contributed by atoms with van der Waals surface area (Å²) in [5.41, 5.74) is 4.06. The predicted octanol–water partition coefficient (Wildman–Crippen LogP) is -2.95. The summed E-state index contributed by atoms with van der Waals surface area (Å²) in [4.78, 5) is -0.722. The van der Waals surface area contributed by atoms with Gasteiger partial charge in [0.05, 0.1) is 6.72 Å². The summed E-state index contributed by atoms with van der Waals surface area (Å²) in [6, 6.07) is 0. The van der Waals surface area contributed by atoms with Crippen molar-refractivity contribution in [3.63, 3.8) is 0 Å². The summed E-state index contributed by atoms with van der Waals surface area (Å²) < 4.78 is 0. The van der Waals surface area contributed by atoms with E-state index in [2.05, 4.69) is 11.8 Å². The Labute approximate surface area is 46.5 Å². The molecule has 0 saturated carbocycles. The van der Waals surface area contributed by atoms with Gasteiger partial charge in [0.2, 0.25) is 0 Å². The van der Waals surface area contributed by atoms with Crippen LogP contribution in [0.1, 0.15) is 0 Å². The van der Waals surface area contributed by atoms with Gasteiger partial charge in [-0.1, -0.05) is 0 Å². The number of rotatable bonds is 3. The number of hydrogen-bond donors (Lipinski definition) is 5. The summed E-state index contributed by atoms with van der Waals surface area (Å²) in [7, 11) is 0. The Hall–Kier alpha value is -0.570. The van der Waals surface area contributed by atoms with Crippen molar-refractivity contribution in [2.75, 3.05) is 0 Å². The van der Waals surface area contributed by atoms with Gasteiger partial charge in [0.1, 0.15) is 0 Å². The Morgan fingerprint density at radius 3 is 1.75 bits per heavy atom. The minimum atomic E-state index is -0.722. The van der Waals surface area contributed by atoms with Crippen molar-refractivity contribution in [1.82, 2.24) is 11.1 Å². The molecule has 0 heterocycles. The zero-order valence-corrected chi connectivity index (χ0v) is 4.33. The average Bonchev–Trinajstić information content (AvgIpc) is 1.87. The Morgan fingerprint density at radius 1 is 1.38 bits per heavy atom. The maximum absolute atomic E-state index is 5.13. The molecule has 0 amide bonds. The standard InChI is InChI=1S/CH10N7/c1-5-8(4,6-2)7-3/h6-7H,1-4H2/q+1. The van der Waals surface area contributed by atoms with Crippen molar-refractivity contribution in [3.05, 3.63) is 0 Å². The highest BCUT2D eigenvalue weighted by Gasteiger charge is 2.15. The second-order valence-electron chi connectivity index (χ2n) is 1.09. The predicted molar refractivity (Wildman–Crippen MR) is 28.6 cm³/mol. The van der Waals surface area contributed by atoms with Gasteiger partial charge in [0, 0.05) is 4.92 Å². The fourth-order valence-electron chi connectivity index (χ4n) is 0.119. The Morgan fingerprint density at radius 2 is 1.75 bits per heavy atom. The number of nitrogens with one attached hydrogen (secondary N) is 2. The Balaban J connectivity index is 3.76. The fourth-order valence-corrected chi connectivity index (χ4v) is 0.119. The highest BCUT2D eigenvalue weighted by Crippen LogP contribution is 1.75. The van der Waals surface area contributed by atoms with E-state index >= 15 is 0 Å². The van der Waals surface area contributed by atoms with E-state index in [9.17, 15) is 0 Å². The molecule has 0 aliphatic carbocycles. The number of hydrogen-bond acceptors (Lipinski definition) is 6. The lowest BCUT2D eigenvalue weighted by atomic mass is 11.6. The number of hydrazine groups is 2. The molecule has 0 aromatic rings. The number of quaternary nitrogens is 1. The molecule has 0 aliphatic rings. The number of nitrogens with zero attached hydrogens (tertiary/aromatic N) is 2. The van der Waals surface area contributed by atoms with Gasteiger partial charge < -0.3 is 0 Å². The summed E-state index contributed by atoms with van der Waals surface area (Å²) in [5, 5.41) is 3.25. The van der Waals surface area contributed by atoms with Crippen molar-refractivity contribution < 1.29 is 4.92 Å². The molecule has 0 rings (SSSR count). The minimum Gasteiger partial charge on any atom is -0.220 e. The maximum Gasteiger partial charge on any atom is 0.0535 e. The Bertz CT molecular complexity index is 72.5. The highest BCUT2D eigenvalue weighted by atomic mass is 16.2. The summed E-state index contributed by atoms with van der Waals surface area (Å²) in [5.74, 6) is 14.8. The lowest BCUT2D eigenvalue weighted by molar-refractivity contribution is -1.03. The Kier molecular flexibility index (Phi) is 2.48. The van der Waals surface area contributed by atoms with Crippen LogP contribution in [0.15, 0.2) is 5.10 Å². The quantitative estimate of drug-likeness (QED) is 0.118. The zero-order valence-electron chi connectivity index (χ0n) is 4.33. The van der Waals surface area contributed by atoms with Crippen molar-refractivity contribution >= 4 is 6.72 Å². The molecule has 0 spiro atoms. The smallest absolute Gasteiger partial charge is 0.0535 e. The van der Waals surface area contributed by atoms with Crippen LogP contribution < -0.4 is 28.6 Å². The molecule has 0 atom stereocenters. The first kappa shape index (κ1) is 7.43. The molecule has 8 N–H and O–H groups in total. The molecule has 0 bridgehead atoms. The fraction of sp³-hybridized carbons (Fsp3) is 0. The molecular formula is CH10N7+. The van der Waals surface area contributed by atoms with Gasteiger partial charge in [-0.05, 0) is 16.2 Å². The van der Waals surface area contributed by atoms with Crippen LogP contribution in [0.2, 0.25) is 0 Å². The highest BCUT2D eigenvalue weighted by molar-refractivity contribution is 5.21. The van der Waals surface area contributed by atoms with Crippen LogP contribution in [0.4, 0.5) is 0 Å². The first-order chi connectivity index (χ1) is 3.68. The maximum atomic E-state index is 5.13. The molecule has 8 heavy (non-hydrogen) atoms. The van der Waals surface area contributed by atoms with Crippen LogP contribution in [-0.4, -0.2) is 11.6 Å². The second-order valence-corrected chi connectivity index (χ2v) is 1.09. The molecule has 0 aromatic carbocycles. The van der Waals surface area contributed by atoms with E-state index in [4.69, 9.17) is 17.5 Å². The van der Waals surface area contributed by atoms with E-state index < -0.39 is 4.92 Å². The molecule has 7 nitrogen and oxygen atoms in total. The topological polar surface area (TPSA) is 114 Å². The van der Waals surface area contributed by atoms with E-state index in [1.54, 1.807) is 0 Å². The van der Waals surface area contributed by atoms with Gasteiger partial charge in [0.15, 0.2) is 0 Å². The number of nitrogens with two attached hydrogens (primary N) is 3. The van der Waals surface area contributed by atoms with Crippen LogP contribution >= 0.6 is 0 Å². The van der Waals surface area contributed by atoms with E-state index in [-0.39, 0.29) is 0 Å². The molecule has 0 aromatic heterocycles. The molecule has 48 valence electrons. The van der Waals surface area contributed by atoms with Crippen LogP contribution in [0, 0.1) is 0 Å². The SMILES string of the molecule is C=N[N+](N)(NN)NN. The van der Waals surface area contributed by atoms with E-state index in [0.717, 1.165) is 0 Å². The van der Waals surface area contributed by atoms with Gasteiger partial charge in [-0.3, -0.25) is 0 Å². The molecular weight excluding hydrogens is 110 g/mol. The summed E-state index contributed by atoms with van der Waals surface area (Å²) in [6.07, 6.45) is 0. The van der Waals surface area contributed by atoms with Crippen molar-refractivity contribution in [2.24, 2.45) is 22.6 Å². The molecule has 0 saturated heterocycles. The van der Waals surface area contributed by atoms with E-state index in [1.165, 1.54) is 0 Å². The third kappa shape index (κ3) is 1.50. The first-order valence-electron chi connectivity index (χ1n) is 1.80. The van der Waals surface area contributed by atoms with Gasteiger partial charge in [-0.15, -0.1) is 5.84 Å². The second kappa shape index (κ2) is 2.67. The molecule has 0 aliphatic heterocycles. The van der Waals surface area contributed by atoms with Crippen LogP contribution in [0.25, 0.3) is 0 Å². The van der Waals surface area contributed by atoms with Gasteiger partial charge >= 0.3 is 0 Å². The third-order valence-electron chi connectivity index (χ3n) is 0.617. The molecule has 0 fully saturated rings. The van der Waals surface area contributed by atoms with Gasteiger partial charge in [-0.25, -0.2) is 11.7 Å². The lowest BCUT2D eigenvalue weighted by Gasteiger charge is -2.18. The normalized spacial score (nSPS) is 11.4.